The third-order valence-electron chi connectivity index (χ3n) is 3.33. The molecular formula is C17H16N2O3. The number of ether oxygens (including phenoxy) is 1. The van der Waals surface area contributed by atoms with Crippen molar-refractivity contribution in [2.24, 2.45) is 0 Å². The molecule has 2 amide bonds. The third-order valence-corrected chi connectivity index (χ3v) is 3.33. The van der Waals surface area contributed by atoms with Gasteiger partial charge in [0.1, 0.15) is 5.75 Å². The molecule has 2 aromatic carbocycles. The van der Waals surface area contributed by atoms with Gasteiger partial charge < -0.3 is 15.4 Å². The summed E-state index contributed by atoms with van der Waals surface area (Å²) in [6.07, 6.45) is 0.566. The van der Waals surface area contributed by atoms with E-state index >= 15 is 0 Å². The molecule has 2 aromatic rings. The highest BCUT2D eigenvalue weighted by molar-refractivity contribution is 5.94. The summed E-state index contributed by atoms with van der Waals surface area (Å²) in [7, 11) is 0. The maximum atomic E-state index is 12.1. The molecule has 3 rings (SSSR count). The van der Waals surface area contributed by atoms with Gasteiger partial charge in [0.15, 0.2) is 0 Å². The first kappa shape index (κ1) is 14.1. The first-order valence-corrected chi connectivity index (χ1v) is 7.11. The van der Waals surface area contributed by atoms with Crippen molar-refractivity contribution in [1.82, 2.24) is 0 Å². The third kappa shape index (κ3) is 3.44. The summed E-state index contributed by atoms with van der Waals surface area (Å²) in [5.74, 6) is 0.453. The van der Waals surface area contributed by atoms with E-state index < -0.39 is 0 Å². The molecule has 2 N–H and O–H groups in total. The SMILES string of the molecule is O=C(Cc1ccc2c(c1)NC(=O)CCO2)Nc1ccccc1. The fraction of sp³-hybridized carbons (Fsp3) is 0.176. The Labute approximate surface area is 128 Å². The minimum atomic E-state index is -0.105. The Hall–Kier alpha value is -2.82. The maximum absolute atomic E-state index is 12.1. The first-order chi connectivity index (χ1) is 10.7. The van der Waals surface area contributed by atoms with Crippen LogP contribution >= 0.6 is 0 Å². The van der Waals surface area contributed by atoms with Gasteiger partial charge in [-0.1, -0.05) is 24.3 Å². The Kier molecular flexibility index (Phi) is 4.05. The van der Waals surface area contributed by atoms with Crippen molar-refractivity contribution in [3.05, 3.63) is 54.1 Å². The number of anilines is 2. The van der Waals surface area contributed by atoms with E-state index in [1.807, 2.05) is 36.4 Å². The van der Waals surface area contributed by atoms with Crippen molar-refractivity contribution in [3.8, 4) is 5.75 Å². The van der Waals surface area contributed by atoms with Gasteiger partial charge >= 0.3 is 0 Å². The van der Waals surface area contributed by atoms with Gasteiger partial charge in [-0.2, -0.15) is 0 Å². The van der Waals surface area contributed by atoms with Crippen LogP contribution < -0.4 is 15.4 Å². The minimum Gasteiger partial charge on any atom is -0.491 e. The van der Waals surface area contributed by atoms with Gasteiger partial charge in [-0.05, 0) is 29.8 Å². The van der Waals surface area contributed by atoms with Gasteiger partial charge in [0.2, 0.25) is 11.8 Å². The monoisotopic (exact) mass is 296 g/mol. The van der Waals surface area contributed by atoms with Crippen LogP contribution in [0.5, 0.6) is 5.75 Å². The van der Waals surface area contributed by atoms with Crippen molar-refractivity contribution >= 4 is 23.2 Å². The second-order valence-electron chi connectivity index (χ2n) is 5.07. The first-order valence-electron chi connectivity index (χ1n) is 7.11. The number of benzene rings is 2. The molecular weight excluding hydrogens is 280 g/mol. The van der Waals surface area contributed by atoms with Crippen LogP contribution in [0, 0.1) is 0 Å². The molecule has 5 heteroatoms. The summed E-state index contributed by atoms with van der Waals surface area (Å²) in [4.78, 5) is 23.6. The summed E-state index contributed by atoms with van der Waals surface area (Å²) in [6.45, 7) is 0.368. The number of carbonyl (C=O) groups is 2. The fourth-order valence-electron chi connectivity index (χ4n) is 2.29. The van der Waals surface area contributed by atoms with E-state index in [0.717, 1.165) is 11.3 Å². The number of para-hydroxylation sites is 1. The van der Waals surface area contributed by atoms with Crippen LogP contribution in [-0.2, 0) is 16.0 Å². The lowest BCUT2D eigenvalue weighted by Crippen LogP contribution is -2.14. The summed E-state index contributed by atoms with van der Waals surface area (Å²) < 4.78 is 5.49. The Morgan fingerprint density at radius 1 is 1.18 bits per heavy atom. The van der Waals surface area contributed by atoms with Crippen LogP contribution in [0.25, 0.3) is 0 Å². The molecule has 0 saturated carbocycles. The van der Waals surface area contributed by atoms with E-state index in [1.165, 1.54) is 0 Å². The van der Waals surface area contributed by atoms with E-state index in [4.69, 9.17) is 4.74 Å². The maximum Gasteiger partial charge on any atom is 0.228 e. The summed E-state index contributed by atoms with van der Waals surface area (Å²) in [5, 5.41) is 5.62. The molecule has 1 heterocycles. The van der Waals surface area contributed by atoms with E-state index in [9.17, 15) is 9.59 Å². The summed E-state index contributed by atoms with van der Waals surface area (Å²) in [5.41, 5.74) is 2.20. The van der Waals surface area contributed by atoms with Crippen molar-refractivity contribution in [2.75, 3.05) is 17.2 Å². The normalized spacial score (nSPS) is 13.4. The standard InChI is InChI=1S/C17H16N2O3/c20-16-8-9-22-15-7-6-12(10-14(15)19-16)11-17(21)18-13-4-2-1-3-5-13/h1-7,10H,8-9,11H2,(H,18,21)(H,19,20). The zero-order valence-corrected chi connectivity index (χ0v) is 12.0. The fourth-order valence-corrected chi connectivity index (χ4v) is 2.29. The smallest absolute Gasteiger partial charge is 0.228 e. The van der Waals surface area contributed by atoms with E-state index in [0.29, 0.717) is 24.5 Å². The Morgan fingerprint density at radius 3 is 2.82 bits per heavy atom. The number of hydrogen-bond donors (Lipinski definition) is 2. The minimum absolute atomic E-state index is 0.0790. The molecule has 0 atom stereocenters. The lowest BCUT2D eigenvalue weighted by atomic mass is 10.1. The molecule has 112 valence electrons. The number of amides is 2. The van der Waals surface area contributed by atoms with Crippen molar-refractivity contribution in [1.29, 1.82) is 0 Å². The molecule has 0 saturated heterocycles. The average Bonchev–Trinajstić information content (AvgIpc) is 2.68. The van der Waals surface area contributed by atoms with Gasteiger partial charge in [-0.25, -0.2) is 0 Å². The number of fused-ring (bicyclic) bond motifs is 1. The highest BCUT2D eigenvalue weighted by atomic mass is 16.5. The zero-order valence-electron chi connectivity index (χ0n) is 12.0. The van der Waals surface area contributed by atoms with Crippen molar-refractivity contribution < 1.29 is 14.3 Å². The van der Waals surface area contributed by atoms with Crippen LogP contribution in [0.4, 0.5) is 11.4 Å². The molecule has 5 nitrogen and oxygen atoms in total. The molecule has 1 aliphatic rings. The molecule has 22 heavy (non-hydrogen) atoms. The van der Waals surface area contributed by atoms with Crippen LogP contribution in [0.3, 0.4) is 0 Å². The molecule has 1 aliphatic heterocycles. The van der Waals surface area contributed by atoms with Crippen molar-refractivity contribution in [3.63, 3.8) is 0 Å². The Morgan fingerprint density at radius 2 is 2.00 bits per heavy atom. The zero-order chi connectivity index (χ0) is 15.4. The number of rotatable bonds is 3. The number of carbonyl (C=O) groups excluding carboxylic acids is 2. The lowest BCUT2D eigenvalue weighted by molar-refractivity contribution is -0.116. The highest BCUT2D eigenvalue weighted by Crippen LogP contribution is 2.28. The van der Waals surface area contributed by atoms with Gasteiger partial charge in [0.25, 0.3) is 0 Å². The van der Waals surface area contributed by atoms with Crippen LogP contribution in [0.1, 0.15) is 12.0 Å². The molecule has 0 fully saturated rings. The summed E-state index contributed by atoms with van der Waals surface area (Å²) in [6, 6.07) is 14.7. The predicted octanol–water partition coefficient (Wildman–Crippen LogP) is 2.59. The van der Waals surface area contributed by atoms with Crippen LogP contribution in [0.2, 0.25) is 0 Å². The van der Waals surface area contributed by atoms with E-state index in [2.05, 4.69) is 10.6 Å². The van der Waals surface area contributed by atoms with Crippen molar-refractivity contribution in [2.45, 2.75) is 12.8 Å². The van der Waals surface area contributed by atoms with Crippen LogP contribution in [-0.4, -0.2) is 18.4 Å². The number of hydrogen-bond acceptors (Lipinski definition) is 3. The van der Waals surface area contributed by atoms with E-state index in [-0.39, 0.29) is 18.2 Å². The quantitative estimate of drug-likeness (QED) is 0.915. The second-order valence-corrected chi connectivity index (χ2v) is 5.07. The molecule has 0 unspecified atom stereocenters. The van der Waals surface area contributed by atoms with Gasteiger partial charge in [-0.3, -0.25) is 9.59 Å². The Balaban J connectivity index is 1.70. The number of nitrogens with one attached hydrogen (secondary N) is 2. The molecule has 0 aromatic heterocycles. The summed E-state index contributed by atoms with van der Waals surface area (Å²) >= 11 is 0. The van der Waals surface area contributed by atoms with E-state index in [1.54, 1.807) is 12.1 Å². The highest BCUT2D eigenvalue weighted by Gasteiger charge is 2.15. The molecule has 0 bridgehead atoms. The van der Waals surface area contributed by atoms with Gasteiger partial charge in [-0.15, -0.1) is 0 Å². The topological polar surface area (TPSA) is 67.4 Å². The predicted molar refractivity (Wildman–Crippen MR) is 84.0 cm³/mol. The van der Waals surface area contributed by atoms with Gasteiger partial charge in [0, 0.05) is 5.69 Å². The molecule has 0 spiro atoms. The largest absolute Gasteiger partial charge is 0.491 e. The van der Waals surface area contributed by atoms with Crippen LogP contribution in [0.15, 0.2) is 48.5 Å². The molecule has 0 aliphatic carbocycles. The Bertz CT molecular complexity index is 698. The second kappa shape index (κ2) is 6.30. The average molecular weight is 296 g/mol. The molecule has 0 radical (unpaired) electrons. The van der Waals surface area contributed by atoms with Gasteiger partial charge in [0.05, 0.1) is 25.1 Å². The lowest BCUT2D eigenvalue weighted by Gasteiger charge is -2.10.